The number of amides is 6. The summed E-state index contributed by atoms with van der Waals surface area (Å²) in [6, 6.07) is 47.3. The number of carbonyl (C=O) groups is 7. The predicted octanol–water partition coefficient (Wildman–Crippen LogP) is 5.33. The number of nitrogens with one attached hydrogen (secondary N) is 4. The maximum absolute atomic E-state index is 13.9. The number of aryl methyl sites for hydroxylation is 2. The lowest BCUT2D eigenvalue weighted by Gasteiger charge is -2.33. The van der Waals surface area contributed by atoms with E-state index in [1.165, 1.54) is 43.3 Å². The van der Waals surface area contributed by atoms with E-state index in [0.29, 0.717) is 69.6 Å². The standard InChI is InChI=1S/C36H41N5O8S.C24H32N2O6S.C14H13N3O4.ClH/c1-24-11-14-28(15-12-24)50(46,47)41(49-27-17-19-48-20-18-27)23-33(42)31(21-25-7-3-2-4-8-25)39-36(45)32(22-34(37)43)40-35(44)30-16-13-26-9-5-6-10-29(26)38-30;1-18-8-10-22(11-9-18)33(29,30)26(32-21-12-14-31-15-13-21)17-24(28)23(25-19(2)27)16-20-6-4-3-5-7-20;15-12(18)7-11(14(20)21)17-13(19)10-6-5-8-3-1-2-4-9(8)16-10;/h2-16,27,31-33,42H,17-23H2,1H3,(H2,37,43)(H,39,45)(H,40,44);3-11,21,23-24,28H,12-17H2,1-2H3,(H,25,27);1-6,11H,7H2,(H2,15,18)(H,17,19)(H,20,21);1H/t31-,32-,33+;23-,24+;11-;/m000./s1. The number of carbonyl (C=O) groups excluding carboxylic acids is 6. The highest BCUT2D eigenvalue weighted by Crippen LogP contribution is 2.26. The molecule has 2 aliphatic heterocycles. The Morgan fingerprint density at radius 3 is 1.25 bits per heavy atom. The third-order valence-electron chi connectivity index (χ3n) is 16.7. The number of primary amides is 2. The SMILES string of the molecule is CC(=O)N[C@@H](Cc1ccccc1)[C@H](O)CN(OC1CCOCC1)S(=O)(=O)c1ccc(C)cc1.Cc1ccc(S(=O)(=O)N(C[C@@H](O)[C@H](Cc2ccccc2)NC(=O)[C@H](CC(N)=O)NC(=O)c2ccc3ccccc3n2)OC2CCOCC2)cc1.Cl.NC(=O)C[C@H](NC(=O)c1ccc2ccccc2n1)C(=O)O. The van der Waals surface area contributed by atoms with Gasteiger partial charge in [-0.2, -0.15) is 0 Å². The van der Waals surface area contributed by atoms with Crippen molar-refractivity contribution in [2.45, 2.75) is 131 Å². The summed E-state index contributed by atoms with van der Waals surface area (Å²) < 4.78 is 67.0. The molecule has 28 nitrogen and oxygen atoms in total. The molecule has 4 heterocycles. The first-order valence-corrected chi connectivity index (χ1v) is 36.4. The van der Waals surface area contributed by atoms with Crippen molar-refractivity contribution in [3.8, 4) is 0 Å². The topological polar surface area (TPSA) is 418 Å². The third-order valence-corrected chi connectivity index (χ3v) is 19.9. The minimum Gasteiger partial charge on any atom is -0.480 e. The number of para-hydroxylation sites is 2. The molecule has 6 atom stereocenters. The zero-order chi connectivity index (χ0) is 74.9. The number of hydrogen-bond donors (Lipinski definition) is 9. The summed E-state index contributed by atoms with van der Waals surface area (Å²) in [5.41, 5.74) is 15.1. The van der Waals surface area contributed by atoms with Crippen molar-refractivity contribution >= 4 is 95.7 Å². The van der Waals surface area contributed by atoms with Crippen molar-refractivity contribution in [1.82, 2.24) is 40.2 Å². The van der Waals surface area contributed by atoms with E-state index in [-0.39, 0.29) is 58.6 Å². The van der Waals surface area contributed by atoms with E-state index in [9.17, 15) is 60.6 Å². The molecule has 0 unspecified atom stereocenters. The fraction of sp³-hybridized carbons (Fsp3) is 0.338. The van der Waals surface area contributed by atoms with Gasteiger partial charge in [-0.1, -0.05) is 154 Å². The van der Waals surface area contributed by atoms with Crippen LogP contribution in [0.4, 0.5) is 0 Å². The quantitative estimate of drug-likeness (QED) is 0.0257. The summed E-state index contributed by atoms with van der Waals surface area (Å²) in [4.78, 5) is 105. The van der Waals surface area contributed by atoms with Crippen LogP contribution in [0.3, 0.4) is 0 Å². The van der Waals surface area contributed by atoms with Crippen molar-refractivity contribution in [3.63, 3.8) is 0 Å². The minimum absolute atomic E-state index is 0. The fourth-order valence-electron chi connectivity index (χ4n) is 11.0. The lowest BCUT2D eigenvalue weighted by Crippen LogP contribution is -2.56. The first-order valence-electron chi connectivity index (χ1n) is 33.5. The van der Waals surface area contributed by atoms with Gasteiger partial charge in [0.05, 0.1) is 83.3 Å². The van der Waals surface area contributed by atoms with Crippen LogP contribution < -0.4 is 32.7 Å². The van der Waals surface area contributed by atoms with Crippen molar-refractivity contribution < 1.29 is 84.9 Å². The number of hydroxylamine groups is 2. The van der Waals surface area contributed by atoms with Crippen molar-refractivity contribution in [2.24, 2.45) is 11.5 Å². The second-order valence-electron chi connectivity index (χ2n) is 24.9. The van der Waals surface area contributed by atoms with Gasteiger partial charge in [0.15, 0.2) is 0 Å². The molecular weight excluding hydrogens is 1420 g/mol. The molecule has 560 valence electrons. The second-order valence-corrected chi connectivity index (χ2v) is 28.5. The number of nitrogens with two attached hydrogens (primary N) is 2. The van der Waals surface area contributed by atoms with Crippen molar-refractivity contribution in [2.75, 3.05) is 39.5 Å². The number of fused-ring (bicyclic) bond motifs is 2. The third kappa shape index (κ3) is 25.3. The first kappa shape index (κ1) is 82.6. The molecule has 6 aromatic carbocycles. The highest BCUT2D eigenvalue weighted by molar-refractivity contribution is 7.89. The largest absolute Gasteiger partial charge is 0.480 e. The highest BCUT2D eigenvalue weighted by Gasteiger charge is 2.37. The van der Waals surface area contributed by atoms with Gasteiger partial charge < -0.3 is 57.5 Å². The number of rotatable bonds is 30. The Bertz CT molecular complexity index is 4450. The Kier molecular flexibility index (Phi) is 31.4. The van der Waals surface area contributed by atoms with Gasteiger partial charge in [0.1, 0.15) is 23.5 Å². The van der Waals surface area contributed by atoms with Crippen LogP contribution >= 0.6 is 12.4 Å². The molecule has 6 amide bonds. The van der Waals surface area contributed by atoms with Gasteiger partial charge in [-0.05, 0) is 112 Å². The Balaban J connectivity index is 0.000000240. The number of aliphatic hydroxyl groups excluding tert-OH is 2. The molecule has 105 heavy (non-hydrogen) atoms. The maximum Gasteiger partial charge on any atom is 0.326 e. The first-order chi connectivity index (χ1) is 49.7. The Morgan fingerprint density at radius 2 is 0.867 bits per heavy atom. The summed E-state index contributed by atoms with van der Waals surface area (Å²) in [5.74, 6) is -5.49. The van der Waals surface area contributed by atoms with Gasteiger partial charge in [-0.25, -0.2) is 31.6 Å². The van der Waals surface area contributed by atoms with Crippen LogP contribution in [-0.2, 0) is 76.0 Å². The zero-order valence-corrected chi connectivity index (χ0v) is 60.4. The summed E-state index contributed by atoms with van der Waals surface area (Å²) in [5, 5.41) is 43.6. The number of carboxylic acid groups (broad SMARTS) is 1. The molecule has 8 aromatic rings. The molecule has 11 N–H and O–H groups in total. The molecule has 0 aliphatic carbocycles. The number of aromatic nitrogens is 2. The number of sulfonamides is 2. The average molecular weight is 1500 g/mol. The van der Waals surface area contributed by atoms with Crippen LogP contribution in [-0.4, -0.2) is 181 Å². The van der Waals surface area contributed by atoms with Gasteiger partial charge in [-0.15, -0.1) is 12.4 Å². The molecule has 0 spiro atoms. The van der Waals surface area contributed by atoms with E-state index in [4.69, 9.17) is 35.7 Å². The lowest BCUT2D eigenvalue weighted by molar-refractivity contribution is -0.170. The van der Waals surface area contributed by atoms with E-state index in [1.54, 1.807) is 84.9 Å². The van der Waals surface area contributed by atoms with Gasteiger partial charge in [0.2, 0.25) is 23.6 Å². The number of aliphatic hydroxyl groups is 2. The van der Waals surface area contributed by atoms with E-state index >= 15 is 0 Å². The number of benzene rings is 6. The van der Waals surface area contributed by atoms with Crippen LogP contribution in [0, 0.1) is 13.8 Å². The summed E-state index contributed by atoms with van der Waals surface area (Å²) >= 11 is 0. The van der Waals surface area contributed by atoms with Crippen molar-refractivity contribution in [1.29, 1.82) is 0 Å². The van der Waals surface area contributed by atoms with E-state index in [1.807, 2.05) is 74.5 Å². The number of nitrogens with zero attached hydrogens (tertiary/aromatic N) is 4. The number of ether oxygens (including phenoxy) is 2. The smallest absolute Gasteiger partial charge is 0.326 e. The molecule has 2 aliphatic rings. The zero-order valence-electron chi connectivity index (χ0n) is 58.0. The number of carboxylic acids is 1. The van der Waals surface area contributed by atoms with Gasteiger partial charge in [-0.3, -0.25) is 38.4 Å². The van der Waals surface area contributed by atoms with E-state index in [2.05, 4.69) is 31.2 Å². The van der Waals surface area contributed by atoms with Gasteiger partial charge in [0.25, 0.3) is 31.9 Å². The molecule has 2 saturated heterocycles. The fourth-order valence-corrected chi connectivity index (χ4v) is 13.6. The van der Waals surface area contributed by atoms with Crippen LogP contribution in [0.15, 0.2) is 192 Å². The number of hydrogen-bond acceptors (Lipinski definition) is 19. The van der Waals surface area contributed by atoms with E-state index in [0.717, 1.165) is 42.0 Å². The molecule has 31 heteroatoms. The summed E-state index contributed by atoms with van der Waals surface area (Å²) in [6.07, 6.45) is -2.15. The lowest BCUT2D eigenvalue weighted by atomic mass is 10.00. The Labute approximate surface area is 614 Å². The molecule has 0 bridgehead atoms. The van der Waals surface area contributed by atoms with Gasteiger partial charge in [0, 0.05) is 44.1 Å². The normalized spacial score (nSPS) is 15.2. The molecule has 0 saturated carbocycles. The number of halogens is 1. The highest BCUT2D eigenvalue weighted by atomic mass is 35.5. The molecule has 0 radical (unpaired) electrons. The molecule has 2 fully saturated rings. The average Bonchev–Trinajstić information content (AvgIpc) is 0.797. The number of pyridine rings is 2. The molecule has 2 aromatic heterocycles. The minimum atomic E-state index is -4.27. The maximum atomic E-state index is 13.9. The monoisotopic (exact) mass is 1500 g/mol. The van der Waals surface area contributed by atoms with E-state index < -0.39 is 117 Å². The van der Waals surface area contributed by atoms with Crippen LogP contribution in [0.1, 0.15) is 88.7 Å². The Hall–Kier alpha value is -9.70. The van der Waals surface area contributed by atoms with Crippen LogP contribution in [0.25, 0.3) is 21.8 Å². The summed E-state index contributed by atoms with van der Waals surface area (Å²) in [6.45, 7) is 5.94. The second kappa shape index (κ2) is 40.0. The van der Waals surface area contributed by atoms with Crippen LogP contribution in [0.5, 0.6) is 0 Å². The Morgan fingerprint density at radius 1 is 0.505 bits per heavy atom. The van der Waals surface area contributed by atoms with Crippen molar-refractivity contribution in [3.05, 3.63) is 216 Å². The van der Waals surface area contributed by atoms with Gasteiger partial charge >= 0.3 is 5.97 Å². The number of aliphatic carboxylic acids is 1. The van der Waals surface area contributed by atoms with Crippen LogP contribution in [0.2, 0.25) is 0 Å². The summed E-state index contributed by atoms with van der Waals surface area (Å²) in [7, 11) is -8.32. The predicted molar refractivity (Wildman–Crippen MR) is 390 cm³/mol. The molecule has 10 rings (SSSR count). The molecular formula is C74H87ClN10O18S2.